The summed E-state index contributed by atoms with van der Waals surface area (Å²) in [7, 11) is 0. The van der Waals surface area contributed by atoms with Crippen LogP contribution in [0.2, 0.25) is 5.02 Å². The first-order valence-electron chi connectivity index (χ1n) is 5.95. The second kappa shape index (κ2) is 5.42. The van der Waals surface area contributed by atoms with Gasteiger partial charge in [0.05, 0.1) is 22.1 Å². The van der Waals surface area contributed by atoms with Crippen molar-refractivity contribution in [2.24, 2.45) is 0 Å². The molecule has 3 aromatic rings. The number of imidazole rings is 1. The highest BCUT2D eigenvalue weighted by Crippen LogP contribution is 2.22. The zero-order chi connectivity index (χ0) is 14.1. The second-order valence-corrected chi connectivity index (χ2v) is 5.62. The molecule has 1 aromatic heterocycles. The van der Waals surface area contributed by atoms with Crippen LogP contribution >= 0.6 is 27.5 Å². The number of hydrogen-bond donors (Lipinski definition) is 2. The third kappa shape index (κ3) is 2.78. The van der Waals surface area contributed by atoms with Crippen molar-refractivity contribution in [1.29, 1.82) is 0 Å². The molecule has 102 valence electrons. The SMILES string of the molecule is Fc1cc2[nH]c(CNc3cccc(Cl)c3)nc2cc1Br. The smallest absolute Gasteiger partial charge is 0.139 e. The number of anilines is 1. The summed E-state index contributed by atoms with van der Waals surface area (Å²) < 4.78 is 13.8. The summed E-state index contributed by atoms with van der Waals surface area (Å²) in [4.78, 5) is 7.49. The lowest BCUT2D eigenvalue weighted by Gasteiger charge is -2.04. The third-order valence-electron chi connectivity index (χ3n) is 2.86. The molecule has 0 aliphatic carbocycles. The number of aromatic amines is 1. The normalized spacial score (nSPS) is 10.9. The minimum absolute atomic E-state index is 0.310. The lowest BCUT2D eigenvalue weighted by Crippen LogP contribution is -2.00. The number of aromatic nitrogens is 2. The molecule has 3 rings (SSSR count). The average Bonchev–Trinajstić information content (AvgIpc) is 2.79. The highest BCUT2D eigenvalue weighted by molar-refractivity contribution is 9.10. The van der Waals surface area contributed by atoms with Gasteiger partial charge in [-0.2, -0.15) is 0 Å². The first kappa shape index (κ1) is 13.4. The number of nitrogens with zero attached hydrogens (tertiary/aromatic N) is 1. The van der Waals surface area contributed by atoms with Crippen molar-refractivity contribution in [2.45, 2.75) is 6.54 Å². The van der Waals surface area contributed by atoms with E-state index in [2.05, 4.69) is 31.2 Å². The number of halogens is 3. The quantitative estimate of drug-likeness (QED) is 0.714. The van der Waals surface area contributed by atoms with Gasteiger partial charge in [-0.25, -0.2) is 9.37 Å². The highest BCUT2D eigenvalue weighted by Gasteiger charge is 2.07. The molecule has 2 aromatic carbocycles. The number of nitrogens with one attached hydrogen (secondary N) is 2. The van der Waals surface area contributed by atoms with E-state index in [9.17, 15) is 4.39 Å². The molecule has 0 spiro atoms. The summed E-state index contributed by atoms with van der Waals surface area (Å²) in [5.74, 6) is 0.424. The van der Waals surface area contributed by atoms with Crippen molar-refractivity contribution < 1.29 is 4.39 Å². The molecular formula is C14H10BrClFN3. The Morgan fingerprint density at radius 1 is 1.30 bits per heavy atom. The number of hydrogen-bond acceptors (Lipinski definition) is 2. The molecular weight excluding hydrogens is 345 g/mol. The van der Waals surface area contributed by atoms with Gasteiger partial charge in [0.25, 0.3) is 0 Å². The molecule has 0 amide bonds. The Morgan fingerprint density at radius 3 is 2.95 bits per heavy atom. The van der Waals surface area contributed by atoms with E-state index in [0.29, 0.717) is 21.6 Å². The van der Waals surface area contributed by atoms with E-state index in [1.54, 1.807) is 6.07 Å². The van der Waals surface area contributed by atoms with Crippen LogP contribution in [-0.4, -0.2) is 9.97 Å². The topological polar surface area (TPSA) is 40.7 Å². The summed E-state index contributed by atoms with van der Waals surface area (Å²) in [5, 5.41) is 3.88. The van der Waals surface area contributed by atoms with Crippen molar-refractivity contribution in [3.63, 3.8) is 0 Å². The highest BCUT2D eigenvalue weighted by atomic mass is 79.9. The largest absolute Gasteiger partial charge is 0.378 e. The maximum Gasteiger partial charge on any atom is 0.139 e. The van der Waals surface area contributed by atoms with Gasteiger partial charge >= 0.3 is 0 Å². The monoisotopic (exact) mass is 353 g/mol. The molecule has 2 N–H and O–H groups in total. The van der Waals surface area contributed by atoms with Crippen LogP contribution in [-0.2, 0) is 6.54 Å². The zero-order valence-corrected chi connectivity index (χ0v) is 12.6. The predicted molar refractivity (Wildman–Crippen MR) is 82.5 cm³/mol. The van der Waals surface area contributed by atoms with E-state index < -0.39 is 0 Å². The lowest BCUT2D eigenvalue weighted by atomic mass is 10.3. The van der Waals surface area contributed by atoms with Gasteiger partial charge in [-0.05, 0) is 40.2 Å². The van der Waals surface area contributed by atoms with Gasteiger partial charge in [-0.1, -0.05) is 17.7 Å². The lowest BCUT2D eigenvalue weighted by molar-refractivity contribution is 0.623. The van der Waals surface area contributed by atoms with Crippen LogP contribution in [0.4, 0.5) is 10.1 Å². The number of benzene rings is 2. The van der Waals surface area contributed by atoms with Gasteiger partial charge in [-0.3, -0.25) is 0 Å². The van der Waals surface area contributed by atoms with Crippen LogP contribution < -0.4 is 5.32 Å². The molecule has 6 heteroatoms. The fourth-order valence-corrected chi connectivity index (χ4v) is 2.45. The fourth-order valence-electron chi connectivity index (χ4n) is 1.93. The summed E-state index contributed by atoms with van der Waals surface area (Å²) >= 11 is 9.07. The van der Waals surface area contributed by atoms with E-state index in [0.717, 1.165) is 17.0 Å². The van der Waals surface area contributed by atoms with E-state index in [1.807, 2.05) is 24.3 Å². The van der Waals surface area contributed by atoms with Crippen molar-refractivity contribution in [2.75, 3.05) is 5.32 Å². The third-order valence-corrected chi connectivity index (χ3v) is 3.70. The van der Waals surface area contributed by atoms with Crippen LogP contribution in [0.25, 0.3) is 11.0 Å². The second-order valence-electron chi connectivity index (χ2n) is 4.33. The Bertz CT molecular complexity index is 733. The van der Waals surface area contributed by atoms with Gasteiger partial charge in [0, 0.05) is 16.8 Å². The zero-order valence-electron chi connectivity index (χ0n) is 10.3. The Labute approximate surface area is 128 Å². The minimum atomic E-state index is -0.310. The van der Waals surface area contributed by atoms with Crippen molar-refractivity contribution >= 4 is 44.3 Å². The van der Waals surface area contributed by atoms with Gasteiger partial charge in [0.15, 0.2) is 0 Å². The summed E-state index contributed by atoms with van der Waals surface area (Å²) in [6.45, 7) is 0.508. The molecule has 0 saturated carbocycles. The number of rotatable bonds is 3. The average molecular weight is 355 g/mol. The molecule has 0 fully saturated rings. The van der Waals surface area contributed by atoms with Crippen LogP contribution in [0, 0.1) is 5.82 Å². The van der Waals surface area contributed by atoms with Gasteiger partial charge in [-0.15, -0.1) is 0 Å². The molecule has 0 aliphatic rings. The molecule has 3 nitrogen and oxygen atoms in total. The minimum Gasteiger partial charge on any atom is -0.378 e. The van der Waals surface area contributed by atoms with Gasteiger partial charge in [0.1, 0.15) is 11.6 Å². The van der Waals surface area contributed by atoms with E-state index in [-0.39, 0.29) is 5.82 Å². The number of H-pyrrole nitrogens is 1. The first-order chi connectivity index (χ1) is 9.61. The summed E-state index contributed by atoms with van der Waals surface area (Å²) in [6, 6.07) is 10.5. The van der Waals surface area contributed by atoms with Crippen LogP contribution in [0.1, 0.15) is 5.82 Å². The number of fused-ring (bicyclic) bond motifs is 1. The molecule has 0 atom stereocenters. The molecule has 1 heterocycles. The maximum atomic E-state index is 13.4. The van der Waals surface area contributed by atoms with E-state index in [1.165, 1.54) is 6.07 Å². The molecule has 0 saturated heterocycles. The molecule has 0 radical (unpaired) electrons. The van der Waals surface area contributed by atoms with E-state index >= 15 is 0 Å². The van der Waals surface area contributed by atoms with Crippen molar-refractivity contribution in [3.05, 3.63) is 57.5 Å². The van der Waals surface area contributed by atoms with Crippen LogP contribution in [0.5, 0.6) is 0 Å². The summed E-state index contributed by atoms with van der Waals surface area (Å²) in [6.07, 6.45) is 0. The standard InChI is InChI=1S/C14H10BrClFN3/c15-10-5-12-13(6-11(10)17)20-14(19-12)7-18-9-3-1-2-8(16)4-9/h1-6,18H,7H2,(H,19,20). The predicted octanol–water partition coefficient (Wildman–Crippen LogP) is 4.73. The molecule has 0 bridgehead atoms. The fraction of sp³-hybridized carbons (Fsp3) is 0.0714. The Balaban J connectivity index is 1.81. The van der Waals surface area contributed by atoms with Crippen molar-refractivity contribution in [1.82, 2.24) is 9.97 Å². The molecule has 0 unspecified atom stereocenters. The van der Waals surface area contributed by atoms with Crippen molar-refractivity contribution in [3.8, 4) is 0 Å². The maximum absolute atomic E-state index is 13.4. The van der Waals surface area contributed by atoms with E-state index in [4.69, 9.17) is 11.6 Å². The van der Waals surface area contributed by atoms with Gasteiger partial charge in [0.2, 0.25) is 0 Å². The summed E-state index contributed by atoms with van der Waals surface area (Å²) in [5.41, 5.74) is 2.31. The Hall–Kier alpha value is -1.59. The van der Waals surface area contributed by atoms with Gasteiger partial charge < -0.3 is 10.3 Å². The Morgan fingerprint density at radius 2 is 2.15 bits per heavy atom. The molecule has 0 aliphatic heterocycles. The first-order valence-corrected chi connectivity index (χ1v) is 7.12. The Kier molecular flexibility index (Phi) is 3.63. The van der Waals surface area contributed by atoms with Crippen LogP contribution in [0.3, 0.4) is 0 Å². The van der Waals surface area contributed by atoms with Crippen LogP contribution in [0.15, 0.2) is 40.9 Å². The molecule has 20 heavy (non-hydrogen) atoms.